The quantitative estimate of drug-likeness (QED) is 0.745. The van der Waals surface area contributed by atoms with Gasteiger partial charge in [-0.25, -0.2) is 4.39 Å². The lowest BCUT2D eigenvalue weighted by molar-refractivity contribution is -0.116. The lowest BCUT2D eigenvalue weighted by Crippen LogP contribution is -2.43. The second-order valence-electron chi connectivity index (χ2n) is 7.33. The number of carbonyl (C=O) groups is 1. The molecule has 6 heteroatoms. The molecule has 0 spiro atoms. The van der Waals surface area contributed by atoms with E-state index in [0.717, 1.165) is 38.8 Å². The Balaban J connectivity index is 2.18. The fraction of sp³-hybridized carbons (Fsp3) is 0.650. The van der Waals surface area contributed by atoms with Crippen LogP contribution in [-0.2, 0) is 4.79 Å². The number of amides is 1. The minimum Gasteiger partial charge on any atom is -0.368 e. The number of nitrogens with one attached hydrogen (secondary N) is 1. The summed E-state index contributed by atoms with van der Waals surface area (Å²) in [5.74, 6) is -0.00501. The van der Waals surface area contributed by atoms with Crippen LogP contribution in [0.1, 0.15) is 39.5 Å². The highest BCUT2D eigenvalue weighted by Crippen LogP contribution is 2.28. The summed E-state index contributed by atoms with van der Waals surface area (Å²) in [5, 5.41) is 3.19. The zero-order valence-corrected chi connectivity index (χ0v) is 16.3. The Morgan fingerprint density at radius 2 is 2.27 bits per heavy atom. The first-order chi connectivity index (χ1) is 12.5. The molecule has 2 rings (SSSR count). The zero-order valence-electron chi connectivity index (χ0n) is 16.3. The van der Waals surface area contributed by atoms with Crippen LogP contribution in [0.2, 0.25) is 0 Å². The first-order valence-corrected chi connectivity index (χ1v) is 9.69. The standard InChI is InChI=1S/C20H33FN4O/c1-4-6-16(12-23-3)13-25(15(2)26)18-8-9-20(19(21)11-18)24-10-5-7-17(22)14-24/h8-9,11,16-17,23H,4-7,10,12-14,22H2,1-3H3. The van der Waals surface area contributed by atoms with Gasteiger partial charge in [0.05, 0.1) is 5.69 Å². The van der Waals surface area contributed by atoms with Crippen LogP contribution in [0.15, 0.2) is 18.2 Å². The molecule has 1 aliphatic heterocycles. The van der Waals surface area contributed by atoms with Crippen molar-refractivity contribution in [3.8, 4) is 0 Å². The van der Waals surface area contributed by atoms with Crippen molar-refractivity contribution in [2.75, 3.05) is 43.0 Å². The predicted octanol–water partition coefficient (Wildman–Crippen LogP) is 2.74. The Hall–Kier alpha value is -1.66. The fourth-order valence-electron chi connectivity index (χ4n) is 3.78. The molecule has 2 unspecified atom stereocenters. The molecular weight excluding hydrogens is 331 g/mol. The number of halogens is 1. The number of piperidine rings is 1. The number of nitrogens with zero attached hydrogens (tertiary/aromatic N) is 2. The van der Waals surface area contributed by atoms with E-state index in [0.29, 0.717) is 30.4 Å². The van der Waals surface area contributed by atoms with Gasteiger partial charge in [-0.2, -0.15) is 0 Å². The van der Waals surface area contributed by atoms with Crippen LogP contribution in [0.5, 0.6) is 0 Å². The van der Waals surface area contributed by atoms with E-state index in [1.54, 1.807) is 11.0 Å². The molecule has 1 heterocycles. The Labute approximate surface area is 156 Å². The van der Waals surface area contributed by atoms with Gasteiger partial charge in [0, 0.05) is 38.3 Å². The van der Waals surface area contributed by atoms with Gasteiger partial charge in [-0.3, -0.25) is 4.79 Å². The van der Waals surface area contributed by atoms with Crippen LogP contribution in [0.3, 0.4) is 0 Å². The Bertz CT molecular complexity index is 589. The molecule has 5 nitrogen and oxygen atoms in total. The monoisotopic (exact) mass is 364 g/mol. The smallest absolute Gasteiger partial charge is 0.223 e. The highest BCUT2D eigenvalue weighted by molar-refractivity contribution is 5.91. The summed E-state index contributed by atoms with van der Waals surface area (Å²) < 4.78 is 14.8. The molecule has 3 N–H and O–H groups in total. The molecule has 1 aliphatic rings. The van der Waals surface area contributed by atoms with Crippen molar-refractivity contribution in [3.05, 3.63) is 24.0 Å². The molecule has 146 valence electrons. The van der Waals surface area contributed by atoms with Crippen LogP contribution in [0.25, 0.3) is 0 Å². The van der Waals surface area contributed by atoms with E-state index in [1.807, 2.05) is 18.0 Å². The molecule has 1 aromatic rings. The summed E-state index contributed by atoms with van der Waals surface area (Å²) in [5.41, 5.74) is 7.22. The van der Waals surface area contributed by atoms with Gasteiger partial charge in [0.25, 0.3) is 0 Å². The molecule has 1 amide bonds. The SMILES string of the molecule is CCCC(CNC)CN(C(C)=O)c1ccc(N2CCCC(N)C2)c(F)c1. The van der Waals surface area contributed by atoms with E-state index in [4.69, 9.17) is 5.73 Å². The molecule has 26 heavy (non-hydrogen) atoms. The molecule has 0 aliphatic carbocycles. The Morgan fingerprint density at radius 1 is 1.50 bits per heavy atom. The molecule has 0 radical (unpaired) electrons. The highest BCUT2D eigenvalue weighted by Gasteiger charge is 2.22. The molecule has 1 aromatic carbocycles. The van der Waals surface area contributed by atoms with Crippen LogP contribution in [-0.4, -0.2) is 45.2 Å². The summed E-state index contributed by atoms with van der Waals surface area (Å²) >= 11 is 0. The van der Waals surface area contributed by atoms with Crippen LogP contribution in [0.4, 0.5) is 15.8 Å². The number of carbonyl (C=O) groups excluding carboxylic acids is 1. The van der Waals surface area contributed by atoms with Crippen LogP contribution >= 0.6 is 0 Å². The summed E-state index contributed by atoms with van der Waals surface area (Å²) in [4.78, 5) is 15.9. The molecule has 2 atom stereocenters. The zero-order chi connectivity index (χ0) is 19.1. The van der Waals surface area contributed by atoms with Crippen molar-refractivity contribution in [1.29, 1.82) is 0 Å². The highest BCUT2D eigenvalue weighted by atomic mass is 19.1. The predicted molar refractivity (Wildman–Crippen MR) is 106 cm³/mol. The maximum Gasteiger partial charge on any atom is 0.223 e. The number of nitrogens with two attached hydrogens (primary N) is 1. The summed E-state index contributed by atoms with van der Waals surface area (Å²) in [6, 6.07) is 5.21. The van der Waals surface area contributed by atoms with Gasteiger partial charge in [0.2, 0.25) is 5.91 Å². The Morgan fingerprint density at radius 3 is 2.85 bits per heavy atom. The first-order valence-electron chi connectivity index (χ1n) is 9.69. The van der Waals surface area contributed by atoms with Crippen molar-refractivity contribution in [3.63, 3.8) is 0 Å². The molecule has 0 aromatic heterocycles. The summed E-state index contributed by atoms with van der Waals surface area (Å²) in [6.07, 6.45) is 4.04. The summed E-state index contributed by atoms with van der Waals surface area (Å²) in [7, 11) is 1.92. The average Bonchev–Trinajstić information content (AvgIpc) is 2.59. The minimum atomic E-state index is -0.288. The van der Waals surface area contributed by atoms with E-state index >= 15 is 0 Å². The average molecular weight is 365 g/mol. The van der Waals surface area contributed by atoms with Crippen molar-refractivity contribution < 1.29 is 9.18 Å². The normalized spacial score (nSPS) is 18.7. The van der Waals surface area contributed by atoms with Gasteiger partial charge in [0.1, 0.15) is 5.82 Å². The van der Waals surface area contributed by atoms with Gasteiger partial charge < -0.3 is 20.9 Å². The molecule has 0 saturated carbocycles. The maximum atomic E-state index is 14.8. The van der Waals surface area contributed by atoms with Crippen molar-refractivity contribution in [2.24, 2.45) is 11.7 Å². The van der Waals surface area contributed by atoms with Crippen molar-refractivity contribution in [1.82, 2.24) is 5.32 Å². The number of hydrogen-bond acceptors (Lipinski definition) is 4. The topological polar surface area (TPSA) is 61.6 Å². The third kappa shape index (κ3) is 5.42. The number of benzene rings is 1. The number of rotatable bonds is 8. The van der Waals surface area contributed by atoms with E-state index in [1.165, 1.54) is 13.0 Å². The lowest BCUT2D eigenvalue weighted by atomic mass is 10.0. The molecule has 0 bridgehead atoms. The number of anilines is 2. The maximum absolute atomic E-state index is 14.8. The Kier molecular flexibility index (Phi) is 7.85. The van der Waals surface area contributed by atoms with Gasteiger partial charge in [-0.1, -0.05) is 13.3 Å². The fourth-order valence-corrected chi connectivity index (χ4v) is 3.78. The first kappa shape index (κ1) is 20.6. The number of hydrogen-bond donors (Lipinski definition) is 2. The molecule has 1 fully saturated rings. The largest absolute Gasteiger partial charge is 0.368 e. The lowest BCUT2D eigenvalue weighted by Gasteiger charge is -2.33. The third-order valence-electron chi connectivity index (χ3n) is 5.05. The second-order valence-corrected chi connectivity index (χ2v) is 7.33. The van der Waals surface area contributed by atoms with E-state index in [9.17, 15) is 9.18 Å². The van der Waals surface area contributed by atoms with Crippen molar-refractivity contribution >= 4 is 17.3 Å². The third-order valence-corrected chi connectivity index (χ3v) is 5.05. The van der Waals surface area contributed by atoms with E-state index in [2.05, 4.69) is 12.2 Å². The van der Waals surface area contributed by atoms with Crippen LogP contribution in [0, 0.1) is 11.7 Å². The van der Waals surface area contributed by atoms with Crippen molar-refractivity contribution in [2.45, 2.75) is 45.6 Å². The van der Waals surface area contributed by atoms with Gasteiger partial charge in [0.15, 0.2) is 0 Å². The van der Waals surface area contributed by atoms with Gasteiger partial charge in [-0.05, 0) is 57.0 Å². The minimum absolute atomic E-state index is 0.0608. The van der Waals surface area contributed by atoms with Crippen LogP contribution < -0.4 is 20.9 Å². The second kappa shape index (κ2) is 9.88. The van der Waals surface area contributed by atoms with Gasteiger partial charge in [-0.15, -0.1) is 0 Å². The van der Waals surface area contributed by atoms with Gasteiger partial charge >= 0.3 is 0 Å². The van der Waals surface area contributed by atoms with E-state index < -0.39 is 0 Å². The summed E-state index contributed by atoms with van der Waals surface area (Å²) in [6.45, 7) is 6.60. The molecule has 1 saturated heterocycles. The van der Waals surface area contributed by atoms with E-state index in [-0.39, 0.29) is 17.8 Å². The molecular formula is C20H33FN4O.